The number of nitrogens with zero attached hydrogens (tertiary/aromatic N) is 1. The van der Waals surface area contributed by atoms with Gasteiger partial charge < -0.3 is 10.2 Å². The Bertz CT molecular complexity index is 340. The first-order valence-electron chi connectivity index (χ1n) is 5.94. The van der Waals surface area contributed by atoms with E-state index in [1.807, 2.05) is 12.1 Å². The molecular weight excluding hydrogens is 268 g/mol. The van der Waals surface area contributed by atoms with Crippen LogP contribution < -0.4 is 5.73 Å². The van der Waals surface area contributed by atoms with Gasteiger partial charge >= 0.3 is 0 Å². The summed E-state index contributed by atoms with van der Waals surface area (Å²) < 4.78 is 6.40. The first-order chi connectivity index (χ1) is 7.74. The second-order valence-corrected chi connectivity index (χ2v) is 5.23. The Kier molecular flexibility index (Phi) is 4.05. The Labute approximate surface area is 105 Å². The fourth-order valence-electron chi connectivity index (χ4n) is 2.43. The molecule has 4 heteroatoms. The van der Waals surface area contributed by atoms with E-state index in [1.54, 1.807) is 0 Å². The van der Waals surface area contributed by atoms with Crippen LogP contribution in [0, 0.1) is 5.92 Å². The van der Waals surface area contributed by atoms with E-state index >= 15 is 0 Å². The van der Waals surface area contributed by atoms with Gasteiger partial charge in [-0.15, -0.1) is 0 Å². The van der Waals surface area contributed by atoms with Crippen molar-refractivity contribution in [1.29, 1.82) is 0 Å². The second-order valence-electron chi connectivity index (χ2n) is 4.45. The van der Waals surface area contributed by atoms with Crippen LogP contribution in [0.15, 0.2) is 21.2 Å². The minimum atomic E-state index is 0.239. The molecule has 1 saturated heterocycles. The topological polar surface area (TPSA) is 42.4 Å². The van der Waals surface area contributed by atoms with Gasteiger partial charge in [0.2, 0.25) is 0 Å². The largest absolute Gasteiger partial charge is 0.453 e. The van der Waals surface area contributed by atoms with Crippen LogP contribution in [0.4, 0.5) is 0 Å². The third-order valence-corrected chi connectivity index (χ3v) is 3.91. The van der Waals surface area contributed by atoms with Gasteiger partial charge in [0.15, 0.2) is 4.67 Å². The van der Waals surface area contributed by atoms with Gasteiger partial charge in [-0.1, -0.05) is 13.3 Å². The predicted octanol–water partition coefficient (Wildman–Crippen LogP) is 2.77. The molecule has 1 aromatic heterocycles. The highest BCUT2D eigenvalue weighted by Crippen LogP contribution is 2.30. The number of halogens is 1. The second kappa shape index (κ2) is 5.34. The molecule has 0 bridgehead atoms. The fraction of sp³-hybridized carbons (Fsp3) is 0.667. The lowest BCUT2D eigenvalue weighted by molar-refractivity contribution is 0.211. The lowest BCUT2D eigenvalue weighted by atomic mass is 10.1. The van der Waals surface area contributed by atoms with Crippen molar-refractivity contribution in [3.8, 4) is 0 Å². The molecule has 1 aliphatic heterocycles. The van der Waals surface area contributed by atoms with Crippen LogP contribution in [0.3, 0.4) is 0 Å². The molecule has 2 rings (SSSR count). The minimum Gasteiger partial charge on any atom is -0.453 e. The van der Waals surface area contributed by atoms with E-state index in [0.717, 1.165) is 29.4 Å². The smallest absolute Gasteiger partial charge is 0.169 e. The van der Waals surface area contributed by atoms with Crippen molar-refractivity contribution in [2.45, 2.75) is 25.8 Å². The van der Waals surface area contributed by atoms with Crippen LogP contribution >= 0.6 is 15.9 Å². The number of likely N-dealkylation sites (tertiary alicyclic amines) is 1. The number of nitrogens with two attached hydrogens (primary N) is 1. The molecule has 1 aliphatic rings. The van der Waals surface area contributed by atoms with Crippen molar-refractivity contribution in [1.82, 2.24) is 4.90 Å². The van der Waals surface area contributed by atoms with E-state index in [-0.39, 0.29) is 6.04 Å². The summed E-state index contributed by atoms with van der Waals surface area (Å²) in [5.74, 6) is 1.80. The van der Waals surface area contributed by atoms with E-state index in [4.69, 9.17) is 10.2 Å². The Morgan fingerprint density at radius 1 is 1.62 bits per heavy atom. The molecule has 2 atom stereocenters. The highest BCUT2D eigenvalue weighted by Gasteiger charge is 2.29. The molecule has 1 aromatic rings. The molecule has 1 fully saturated rings. The quantitative estimate of drug-likeness (QED) is 0.926. The summed E-state index contributed by atoms with van der Waals surface area (Å²) in [6.45, 7) is 5.17. The minimum absolute atomic E-state index is 0.239. The van der Waals surface area contributed by atoms with Crippen molar-refractivity contribution < 1.29 is 4.42 Å². The van der Waals surface area contributed by atoms with Crippen LogP contribution in [-0.2, 0) is 0 Å². The zero-order chi connectivity index (χ0) is 11.5. The predicted molar refractivity (Wildman–Crippen MR) is 68.2 cm³/mol. The summed E-state index contributed by atoms with van der Waals surface area (Å²) in [7, 11) is 0. The molecule has 0 saturated carbocycles. The van der Waals surface area contributed by atoms with Crippen LogP contribution in [0.1, 0.15) is 31.6 Å². The third-order valence-electron chi connectivity index (χ3n) is 3.48. The van der Waals surface area contributed by atoms with Crippen LogP contribution in [0.5, 0.6) is 0 Å². The maximum absolute atomic E-state index is 5.86. The van der Waals surface area contributed by atoms with Gasteiger partial charge in [-0.2, -0.15) is 0 Å². The molecule has 0 radical (unpaired) electrons. The van der Waals surface area contributed by atoms with E-state index in [9.17, 15) is 0 Å². The Balaban J connectivity index is 2.06. The summed E-state index contributed by atoms with van der Waals surface area (Å²) in [6.07, 6.45) is 2.55. The summed E-state index contributed by atoms with van der Waals surface area (Å²) in [5, 5.41) is 0. The van der Waals surface area contributed by atoms with Crippen molar-refractivity contribution in [2.24, 2.45) is 11.7 Å². The lowest BCUT2D eigenvalue weighted by Gasteiger charge is -2.24. The van der Waals surface area contributed by atoms with Crippen LogP contribution in [0.2, 0.25) is 0 Å². The maximum Gasteiger partial charge on any atom is 0.169 e. The average Bonchev–Trinajstić information content (AvgIpc) is 2.89. The molecule has 2 heterocycles. The maximum atomic E-state index is 5.86. The van der Waals surface area contributed by atoms with Gasteiger partial charge in [-0.05, 0) is 46.9 Å². The van der Waals surface area contributed by atoms with Crippen LogP contribution in [0.25, 0.3) is 0 Å². The van der Waals surface area contributed by atoms with E-state index in [2.05, 4.69) is 27.8 Å². The Morgan fingerprint density at radius 3 is 2.94 bits per heavy atom. The molecule has 0 amide bonds. The average molecular weight is 287 g/mol. The summed E-state index contributed by atoms with van der Waals surface area (Å²) in [4.78, 5) is 2.44. The van der Waals surface area contributed by atoms with Gasteiger partial charge in [0.1, 0.15) is 5.76 Å². The molecule has 0 aliphatic carbocycles. The van der Waals surface area contributed by atoms with Gasteiger partial charge in [0.05, 0.1) is 6.04 Å². The normalized spacial score (nSPS) is 23.8. The van der Waals surface area contributed by atoms with Crippen molar-refractivity contribution >= 4 is 15.9 Å². The molecule has 0 spiro atoms. The molecule has 16 heavy (non-hydrogen) atoms. The van der Waals surface area contributed by atoms with E-state index < -0.39 is 0 Å². The van der Waals surface area contributed by atoms with Gasteiger partial charge in [0.25, 0.3) is 0 Å². The van der Waals surface area contributed by atoms with Crippen molar-refractivity contribution in [2.75, 3.05) is 19.6 Å². The highest BCUT2D eigenvalue weighted by atomic mass is 79.9. The first-order valence-corrected chi connectivity index (χ1v) is 6.73. The summed E-state index contributed by atoms with van der Waals surface area (Å²) >= 11 is 3.34. The lowest BCUT2D eigenvalue weighted by Crippen LogP contribution is -2.31. The highest BCUT2D eigenvalue weighted by molar-refractivity contribution is 9.10. The molecule has 3 nitrogen and oxygen atoms in total. The van der Waals surface area contributed by atoms with Gasteiger partial charge in [-0.3, -0.25) is 4.90 Å². The third kappa shape index (κ3) is 2.50. The molecule has 0 aromatic carbocycles. The van der Waals surface area contributed by atoms with E-state index in [1.165, 1.54) is 12.8 Å². The number of rotatable bonds is 4. The molecular formula is C12H19BrN2O. The zero-order valence-corrected chi connectivity index (χ0v) is 11.2. The molecule has 2 N–H and O–H groups in total. The van der Waals surface area contributed by atoms with Crippen LogP contribution in [-0.4, -0.2) is 24.5 Å². The summed E-state index contributed by atoms with van der Waals surface area (Å²) in [6, 6.07) is 4.19. The van der Waals surface area contributed by atoms with Gasteiger partial charge in [0, 0.05) is 13.1 Å². The molecule has 90 valence electrons. The number of furan rings is 1. The van der Waals surface area contributed by atoms with Crippen molar-refractivity contribution in [3.05, 3.63) is 22.6 Å². The Morgan fingerprint density at radius 2 is 2.44 bits per heavy atom. The monoisotopic (exact) mass is 286 g/mol. The summed E-state index contributed by atoms with van der Waals surface area (Å²) in [5.41, 5.74) is 5.86. The number of hydrogen-bond acceptors (Lipinski definition) is 3. The zero-order valence-electron chi connectivity index (χ0n) is 9.66. The SMILES string of the molecule is CCC1CCN(C(CN)c2ccc(Br)o2)C1. The molecule has 2 unspecified atom stereocenters. The fourth-order valence-corrected chi connectivity index (χ4v) is 2.75. The number of hydrogen-bond donors (Lipinski definition) is 1. The van der Waals surface area contributed by atoms with Crippen molar-refractivity contribution in [3.63, 3.8) is 0 Å². The van der Waals surface area contributed by atoms with E-state index in [0.29, 0.717) is 6.54 Å². The standard InChI is InChI=1S/C12H19BrN2O/c1-2-9-5-6-15(8-9)10(7-14)11-3-4-12(13)16-11/h3-4,9-10H,2,5-8,14H2,1H3. The van der Waals surface area contributed by atoms with Gasteiger partial charge in [-0.25, -0.2) is 0 Å². The Hall–Kier alpha value is -0.320. The first kappa shape index (κ1) is 12.1.